The van der Waals surface area contributed by atoms with Crippen molar-refractivity contribution in [1.29, 1.82) is 0 Å². The van der Waals surface area contributed by atoms with Gasteiger partial charge in [-0.05, 0) is 29.7 Å². The van der Waals surface area contributed by atoms with Gasteiger partial charge in [0.25, 0.3) is 0 Å². The molecule has 0 aliphatic heterocycles. The van der Waals surface area contributed by atoms with Crippen LogP contribution in [0.2, 0.25) is 0 Å². The zero-order chi connectivity index (χ0) is 11.0. The zero-order valence-electron chi connectivity index (χ0n) is 8.46. The van der Waals surface area contributed by atoms with Crippen LogP contribution in [-0.4, -0.2) is 11.9 Å². The molecule has 1 amide bonds. The standard InChI is InChI=1S/C11H13FN2O/c1-6(15)14-10-4-7-2-3-8(12)5-9(7)11(10)13/h2-3,5,10-11H,4,13H2,1H3,(H,14,15). The van der Waals surface area contributed by atoms with E-state index in [4.69, 9.17) is 5.73 Å². The molecule has 2 unspecified atom stereocenters. The lowest BCUT2D eigenvalue weighted by Gasteiger charge is -2.16. The van der Waals surface area contributed by atoms with Gasteiger partial charge in [0.05, 0.1) is 12.1 Å². The highest BCUT2D eigenvalue weighted by Gasteiger charge is 2.30. The Labute approximate surface area is 87.5 Å². The van der Waals surface area contributed by atoms with Crippen molar-refractivity contribution >= 4 is 5.91 Å². The van der Waals surface area contributed by atoms with Crippen LogP contribution in [0.4, 0.5) is 4.39 Å². The maximum Gasteiger partial charge on any atom is 0.217 e. The number of hydrogen-bond acceptors (Lipinski definition) is 2. The van der Waals surface area contributed by atoms with E-state index in [0.717, 1.165) is 11.1 Å². The van der Waals surface area contributed by atoms with Crippen LogP contribution in [0, 0.1) is 5.82 Å². The van der Waals surface area contributed by atoms with Crippen LogP contribution in [0.3, 0.4) is 0 Å². The normalized spacial score (nSPS) is 23.7. The highest BCUT2D eigenvalue weighted by Crippen LogP contribution is 2.30. The van der Waals surface area contributed by atoms with Crippen LogP contribution >= 0.6 is 0 Å². The van der Waals surface area contributed by atoms with Crippen LogP contribution in [0.5, 0.6) is 0 Å². The van der Waals surface area contributed by atoms with Crippen molar-refractivity contribution < 1.29 is 9.18 Å². The summed E-state index contributed by atoms with van der Waals surface area (Å²) in [4.78, 5) is 10.9. The van der Waals surface area contributed by atoms with Crippen LogP contribution in [0.1, 0.15) is 24.1 Å². The minimum absolute atomic E-state index is 0.108. The van der Waals surface area contributed by atoms with E-state index in [9.17, 15) is 9.18 Å². The molecule has 0 heterocycles. The molecular weight excluding hydrogens is 195 g/mol. The van der Waals surface area contributed by atoms with Crippen LogP contribution in [0.15, 0.2) is 18.2 Å². The third kappa shape index (κ3) is 1.85. The second-order valence-electron chi connectivity index (χ2n) is 3.88. The molecule has 2 atom stereocenters. The number of fused-ring (bicyclic) bond motifs is 1. The fraction of sp³-hybridized carbons (Fsp3) is 0.364. The number of hydrogen-bond donors (Lipinski definition) is 2. The van der Waals surface area contributed by atoms with Gasteiger partial charge in [-0.2, -0.15) is 0 Å². The minimum atomic E-state index is -0.306. The largest absolute Gasteiger partial charge is 0.351 e. The Morgan fingerprint density at radius 2 is 2.33 bits per heavy atom. The van der Waals surface area contributed by atoms with E-state index in [1.165, 1.54) is 19.1 Å². The first kappa shape index (κ1) is 10.1. The molecule has 0 aromatic heterocycles. The number of nitrogens with two attached hydrogens (primary N) is 1. The SMILES string of the molecule is CC(=O)NC1Cc2ccc(F)cc2C1N. The first-order chi connectivity index (χ1) is 7.08. The van der Waals surface area contributed by atoms with Crippen LogP contribution in [-0.2, 0) is 11.2 Å². The zero-order valence-corrected chi connectivity index (χ0v) is 8.46. The molecule has 0 fully saturated rings. The molecule has 0 saturated heterocycles. The first-order valence-electron chi connectivity index (χ1n) is 4.89. The van der Waals surface area contributed by atoms with Gasteiger partial charge in [-0.3, -0.25) is 4.79 Å². The third-order valence-corrected chi connectivity index (χ3v) is 2.73. The van der Waals surface area contributed by atoms with E-state index >= 15 is 0 Å². The topological polar surface area (TPSA) is 55.1 Å². The van der Waals surface area contributed by atoms with E-state index in [1.54, 1.807) is 6.07 Å². The number of rotatable bonds is 1. The molecule has 3 nitrogen and oxygen atoms in total. The van der Waals surface area contributed by atoms with Gasteiger partial charge in [-0.15, -0.1) is 0 Å². The Balaban J connectivity index is 2.25. The molecule has 1 aromatic rings. The fourth-order valence-corrected chi connectivity index (χ4v) is 2.04. The Hall–Kier alpha value is -1.42. The van der Waals surface area contributed by atoms with Crippen molar-refractivity contribution in [1.82, 2.24) is 5.32 Å². The Bertz CT molecular complexity index is 406. The quantitative estimate of drug-likeness (QED) is 0.720. The molecular formula is C11H13FN2O. The maximum absolute atomic E-state index is 13.0. The summed E-state index contributed by atoms with van der Waals surface area (Å²) < 4.78 is 13.0. The highest BCUT2D eigenvalue weighted by molar-refractivity contribution is 5.73. The number of halogens is 1. The van der Waals surface area contributed by atoms with Gasteiger partial charge in [-0.25, -0.2) is 4.39 Å². The summed E-state index contributed by atoms with van der Waals surface area (Å²) in [6.07, 6.45) is 0.677. The summed E-state index contributed by atoms with van der Waals surface area (Å²) in [5.74, 6) is -0.392. The second-order valence-corrected chi connectivity index (χ2v) is 3.88. The van der Waals surface area contributed by atoms with Gasteiger partial charge in [-0.1, -0.05) is 6.07 Å². The maximum atomic E-state index is 13.0. The molecule has 0 saturated carbocycles. The van der Waals surface area contributed by atoms with Crippen molar-refractivity contribution in [3.05, 3.63) is 35.1 Å². The smallest absolute Gasteiger partial charge is 0.217 e. The number of nitrogens with one attached hydrogen (secondary N) is 1. The van der Waals surface area contributed by atoms with E-state index in [0.29, 0.717) is 6.42 Å². The molecule has 0 bridgehead atoms. The summed E-state index contributed by atoms with van der Waals surface area (Å²) in [7, 11) is 0. The summed E-state index contributed by atoms with van der Waals surface area (Å²) in [6, 6.07) is 4.18. The molecule has 1 aliphatic rings. The second kappa shape index (κ2) is 3.62. The number of carbonyl (C=O) groups excluding carboxylic acids is 1. The van der Waals surface area contributed by atoms with Gasteiger partial charge < -0.3 is 11.1 Å². The average Bonchev–Trinajstić information content (AvgIpc) is 2.44. The van der Waals surface area contributed by atoms with Crippen molar-refractivity contribution in [2.24, 2.45) is 5.73 Å². The monoisotopic (exact) mass is 208 g/mol. The lowest BCUT2D eigenvalue weighted by Crippen LogP contribution is -2.39. The minimum Gasteiger partial charge on any atom is -0.351 e. The van der Waals surface area contributed by atoms with E-state index < -0.39 is 0 Å². The van der Waals surface area contributed by atoms with Crippen molar-refractivity contribution in [2.75, 3.05) is 0 Å². The van der Waals surface area contributed by atoms with Crippen molar-refractivity contribution in [2.45, 2.75) is 25.4 Å². The van der Waals surface area contributed by atoms with Crippen LogP contribution in [0.25, 0.3) is 0 Å². The molecule has 3 N–H and O–H groups in total. The van der Waals surface area contributed by atoms with Gasteiger partial charge in [0.1, 0.15) is 5.82 Å². The summed E-state index contributed by atoms with van der Waals surface area (Å²) in [5.41, 5.74) is 7.74. The van der Waals surface area contributed by atoms with Gasteiger partial charge >= 0.3 is 0 Å². The predicted molar refractivity (Wildman–Crippen MR) is 54.6 cm³/mol. The fourth-order valence-electron chi connectivity index (χ4n) is 2.04. The van der Waals surface area contributed by atoms with E-state index in [2.05, 4.69) is 5.32 Å². The van der Waals surface area contributed by atoms with Crippen LogP contribution < -0.4 is 11.1 Å². The molecule has 80 valence electrons. The van der Waals surface area contributed by atoms with Gasteiger partial charge in [0.2, 0.25) is 5.91 Å². The van der Waals surface area contributed by atoms with Gasteiger partial charge in [0.15, 0.2) is 0 Å². The van der Waals surface area contributed by atoms with Crippen molar-refractivity contribution in [3.63, 3.8) is 0 Å². The summed E-state index contributed by atoms with van der Waals surface area (Å²) in [6.45, 7) is 1.45. The number of carbonyl (C=O) groups is 1. The molecule has 1 aliphatic carbocycles. The lowest BCUT2D eigenvalue weighted by atomic mass is 10.1. The average molecular weight is 208 g/mol. The molecule has 2 rings (SSSR count). The Morgan fingerprint density at radius 1 is 1.60 bits per heavy atom. The molecule has 0 spiro atoms. The third-order valence-electron chi connectivity index (χ3n) is 2.73. The molecule has 1 aromatic carbocycles. The Kier molecular flexibility index (Phi) is 2.44. The molecule has 15 heavy (non-hydrogen) atoms. The first-order valence-corrected chi connectivity index (χ1v) is 4.89. The van der Waals surface area contributed by atoms with E-state index in [1.807, 2.05) is 0 Å². The summed E-state index contributed by atoms with van der Waals surface area (Å²) >= 11 is 0. The molecule has 0 radical (unpaired) electrons. The predicted octanol–water partition coefficient (Wildman–Crippen LogP) is 0.886. The lowest BCUT2D eigenvalue weighted by molar-refractivity contribution is -0.119. The van der Waals surface area contributed by atoms with E-state index in [-0.39, 0.29) is 23.8 Å². The Morgan fingerprint density at radius 3 is 3.00 bits per heavy atom. The molecule has 4 heteroatoms. The van der Waals surface area contributed by atoms with Crippen molar-refractivity contribution in [3.8, 4) is 0 Å². The number of amides is 1. The highest BCUT2D eigenvalue weighted by atomic mass is 19.1. The summed E-state index contributed by atoms with van der Waals surface area (Å²) in [5, 5.41) is 2.77. The van der Waals surface area contributed by atoms with Gasteiger partial charge in [0, 0.05) is 6.92 Å². The number of benzene rings is 1.